The molecule has 3 aromatic rings. The van der Waals surface area contributed by atoms with Crippen molar-refractivity contribution in [3.63, 3.8) is 0 Å². The highest BCUT2D eigenvalue weighted by atomic mass is 14.7. The van der Waals surface area contributed by atoms with Crippen LogP contribution in [0.15, 0.2) is 48.7 Å². The highest BCUT2D eigenvalue weighted by Gasteiger charge is 2.22. The Morgan fingerprint density at radius 1 is 1.04 bits per heavy atom. The van der Waals surface area contributed by atoms with Crippen LogP contribution in [0.5, 0.6) is 0 Å². The zero-order chi connectivity index (χ0) is 17.4. The van der Waals surface area contributed by atoms with Crippen molar-refractivity contribution in [3.05, 3.63) is 70.9 Å². The van der Waals surface area contributed by atoms with Gasteiger partial charge in [-0.1, -0.05) is 57.2 Å². The van der Waals surface area contributed by atoms with Crippen LogP contribution < -0.4 is 0 Å². The molecule has 1 N–H and O–H groups in total. The number of benzene rings is 2. The monoisotopic (exact) mass is 331 g/mol. The highest BCUT2D eigenvalue weighted by Crippen LogP contribution is 2.36. The fraction of sp³-hybridized carbons (Fsp3) is 0.417. The van der Waals surface area contributed by atoms with Crippen molar-refractivity contribution in [1.82, 2.24) is 4.98 Å². The van der Waals surface area contributed by atoms with Crippen molar-refractivity contribution < 1.29 is 0 Å². The minimum Gasteiger partial charge on any atom is -0.361 e. The van der Waals surface area contributed by atoms with Crippen LogP contribution in [0, 0.1) is 5.92 Å². The molecule has 0 radical (unpaired) electrons. The van der Waals surface area contributed by atoms with Crippen molar-refractivity contribution in [1.29, 1.82) is 0 Å². The van der Waals surface area contributed by atoms with E-state index in [1.807, 2.05) is 0 Å². The van der Waals surface area contributed by atoms with Gasteiger partial charge in [0.25, 0.3) is 0 Å². The van der Waals surface area contributed by atoms with Gasteiger partial charge in [-0.3, -0.25) is 0 Å². The zero-order valence-corrected chi connectivity index (χ0v) is 15.7. The summed E-state index contributed by atoms with van der Waals surface area (Å²) in [7, 11) is 0. The van der Waals surface area contributed by atoms with Gasteiger partial charge in [0.05, 0.1) is 0 Å². The van der Waals surface area contributed by atoms with Crippen LogP contribution in [-0.2, 0) is 12.8 Å². The number of aromatic amines is 1. The van der Waals surface area contributed by atoms with E-state index in [0.29, 0.717) is 11.8 Å². The van der Waals surface area contributed by atoms with Crippen LogP contribution in [0.3, 0.4) is 0 Å². The van der Waals surface area contributed by atoms with Crippen LogP contribution in [0.1, 0.15) is 67.7 Å². The van der Waals surface area contributed by atoms with E-state index >= 15 is 0 Å². The molecule has 1 heteroatoms. The van der Waals surface area contributed by atoms with Gasteiger partial charge >= 0.3 is 0 Å². The van der Waals surface area contributed by atoms with E-state index in [9.17, 15) is 0 Å². The molecule has 0 aliphatic heterocycles. The molecule has 25 heavy (non-hydrogen) atoms. The standard InChI is InChI=1S/C24H29N/c1-16(2)20-11-10-19-9-8-18(13-21(19)14-20)12-17(3)23-15-25-24-7-5-4-6-22(23)24/h4-7,10-11,14-18,25H,8-9,12-13H2,1-3H3. The predicted octanol–water partition coefficient (Wildman–Crippen LogP) is 6.59. The molecule has 0 saturated heterocycles. The van der Waals surface area contributed by atoms with Crippen LogP contribution in [0.2, 0.25) is 0 Å². The maximum absolute atomic E-state index is 3.44. The molecular formula is C24H29N. The summed E-state index contributed by atoms with van der Waals surface area (Å²) in [6, 6.07) is 15.9. The van der Waals surface area contributed by atoms with Gasteiger partial charge in [-0.25, -0.2) is 0 Å². The lowest BCUT2D eigenvalue weighted by Gasteiger charge is -2.27. The second kappa shape index (κ2) is 6.71. The maximum atomic E-state index is 3.44. The molecule has 1 aromatic heterocycles. The molecule has 1 aliphatic rings. The minimum absolute atomic E-state index is 0.607. The van der Waals surface area contributed by atoms with Gasteiger partial charge < -0.3 is 4.98 Å². The van der Waals surface area contributed by atoms with Gasteiger partial charge in [-0.15, -0.1) is 0 Å². The van der Waals surface area contributed by atoms with Gasteiger partial charge in [-0.2, -0.15) is 0 Å². The van der Waals surface area contributed by atoms with Gasteiger partial charge in [0, 0.05) is 17.1 Å². The SMILES string of the molecule is CC(C)c1ccc2c(c1)CC(CC(C)c1c[nH]c3ccccc13)CC2. The van der Waals surface area contributed by atoms with Gasteiger partial charge in [0.1, 0.15) is 0 Å². The quantitative estimate of drug-likeness (QED) is 0.555. The summed E-state index contributed by atoms with van der Waals surface area (Å²) >= 11 is 0. The normalized spacial score (nSPS) is 18.5. The number of fused-ring (bicyclic) bond motifs is 2. The Kier molecular flexibility index (Phi) is 4.41. The molecule has 0 amide bonds. The molecule has 2 atom stereocenters. The summed E-state index contributed by atoms with van der Waals surface area (Å²) in [6.07, 6.45) is 7.35. The van der Waals surface area contributed by atoms with Gasteiger partial charge in [0.2, 0.25) is 0 Å². The largest absolute Gasteiger partial charge is 0.361 e. The molecule has 1 aliphatic carbocycles. The number of aryl methyl sites for hydroxylation is 1. The van der Waals surface area contributed by atoms with Crippen molar-refractivity contribution in [3.8, 4) is 0 Å². The fourth-order valence-electron chi connectivity index (χ4n) is 4.54. The lowest BCUT2D eigenvalue weighted by Crippen LogP contribution is -2.16. The summed E-state index contributed by atoms with van der Waals surface area (Å²) in [5.74, 6) is 2.03. The average Bonchev–Trinajstić information content (AvgIpc) is 3.05. The van der Waals surface area contributed by atoms with E-state index in [1.54, 1.807) is 11.1 Å². The van der Waals surface area contributed by atoms with Crippen molar-refractivity contribution >= 4 is 10.9 Å². The second-order valence-corrected chi connectivity index (χ2v) is 8.22. The molecular weight excluding hydrogens is 302 g/mol. The first-order valence-electron chi connectivity index (χ1n) is 9.79. The van der Waals surface area contributed by atoms with Crippen molar-refractivity contribution in [2.24, 2.45) is 5.92 Å². The molecule has 0 spiro atoms. The Hall–Kier alpha value is -2.02. The van der Waals surface area contributed by atoms with Crippen LogP contribution in [0.4, 0.5) is 0 Å². The molecule has 1 heterocycles. The van der Waals surface area contributed by atoms with Crippen LogP contribution >= 0.6 is 0 Å². The van der Waals surface area contributed by atoms with E-state index in [0.717, 1.165) is 5.92 Å². The maximum Gasteiger partial charge on any atom is 0.0456 e. The number of hydrogen-bond donors (Lipinski definition) is 1. The first-order valence-corrected chi connectivity index (χ1v) is 9.79. The van der Waals surface area contributed by atoms with E-state index in [-0.39, 0.29) is 0 Å². The van der Waals surface area contributed by atoms with Gasteiger partial charge in [0.15, 0.2) is 0 Å². The zero-order valence-electron chi connectivity index (χ0n) is 15.7. The number of hydrogen-bond acceptors (Lipinski definition) is 0. The summed E-state index contributed by atoms with van der Waals surface area (Å²) in [4.78, 5) is 3.44. The average molecular weight is 332 g/mol. The third-order valence-corrected chi connectivity index (χ3v) is 6.07. The van der Waals surface area contributed by atoms with E-state index in [4.69, 9.17) is 0 Å². The summed E-state index contributed by atoms with van der Waals surface area (Å²) in [5, 5.41) is 1.40. The summed E-state index contributed by atoms with van der Waals surface area (Å²) in [5.41, 5.74) is 7.43. The molecule has 2 unspecified atom stereocenters. The number of rotatable bonds is 4. The van der Waals surface area contributed by atoms with E-state index in [1.165, 1.54) is 47.7 Å². The fourth-order valence-corrected chi connectivity index (χ4v) is 4.54. The Morgan fingerprint density at radius 2 is 1.88 bits per heavy atom. The lowest BCUT2D eigenvalue weighted by atomic mass is 9.77. The molecule has 1 nitrogen and oxygen atoms in total. The summed E-state index contributed by atoms with van der Waals surface area (Å²) in [6.45, 7) is 6.98. The van der Waals surface area contributed by atoms with Crippen LogP contribution in [0.25, 0.3) is 10.9 Å². The second-order valence-electron chi connectivity index (χ2n) is 8.22. The Labute approximate surface area is 151 Å². The smallest absolute Gasteiger partial charge is 0.0456 e. The molecule has 4 rings (SSSR count). The first kappa shape index (κ1) is 16.4. The highest BCUT2D eigenvalue weighted by molar-refractivity contribution is 5.83. The molecule has 0 bridgehead atoms. The third kappa shape index (κ3) is 3.25. The number of nitrogens with one attached hydrogen (secondary N) is 1. The molecule has 0 fully saturated rings. The third-order valence-electron chi connectivity index (χ3n) is 6.07. The van der Waals surface area contributed by atoms with Crippen molar-refractivity contribution in [2.75, 3.05) is 0 Å². The van der Waals surface area contributed by atoms with E-state index in [2.05, 4.69) is 74.4 Å². The van der Waals surface area contributed by atoms with Crippen molar-refractivity contribution in [2.45, 2.75) is 58.3 Å². The van der Waals surface area contributed by atoms with E-state index < -0.39 is 0 Å². The molecule has 2 aromatic carbocycles. The number of H-pyrrole nitrogens is 1. The lowest BCUT2D eigenvalue weighted by molar-refractivity contribution is 0.399. The van der Waals surface area contributed by atoms with Crippen LogP contribution in [-0.4, -0.2) is 4.98 Å². The Balaban J connectivity index is 1.51. The van der Waals surface area contributed by atoms with Gasteiger partial charge in [-0.05, 0) is 71.8 Å². The predicted molar refractivity (Wildman–Crippen MR) is 107 cm³/mol. The number of para-hydroxylation sites is 1. The minimum atomic E-state index is 0.607. The molecule has 130 valence electrons. The topological polar surface area (TPSA) is 15.8 Å². The summed E-state index contributed by atoms with van der Waals surface area (Å²) < 4.78 is 0. The number of aromatic nitrogens is 1. The Bertz CT molecular complexity index is 871. The molecule has 0 saturated carbocycles. The Morgan fingerprint density at radius 3 is 2.72 bits per heavy atom. The first-order chi connectivity index (χ1) is 12.1.